The van der Waals surface area contributed by atoms with Gasteiger partial charge in [-0.3, -0.25) is 4.79 Å². The highest BCUT2D eigenvalue weighted by Crippen LogP contribution is 2.47. The largest absolute Gasteiger partial charge is 0.318 e. The summed E-state index contributed by atoms with van der Waals surface area (Å²) in [5.74, 6) is -1.46. The number of hydrogen-bond donors (Lipinski definition) is 1. The van der Waals surface area contributed by atoms with Gasteiger partial charge in [0.15, 0.2) is 0 Å². The van der Waals surface area contributed by atoms with Crippen LogP contribution < -0.4 is 5.32 Å². The normalized spacial score (nSPS) is 12.5. The maximum absolute atomic E-state index is 12.1. The zero-order valence-corrected chi connectivity index (χ0v) is 10.2. The molecule has 1 amide bonds. The van der Waals surface area contributed by atoms with Gasteiger partial charge in [0, 0.05) is 0 Å². The quantitative estimate of drug-likeness (QED) is 0.897. The average molecular weight is 298 g/mol. The Kier molecular flexibility index (Phi) is 3.41. The molecular formula is C8H3Cl2F2N3OS. The third-order valence-electron chi connectivity index (χ3n) is 1.89. The van der Waals surface area contributed by atoms with E-state index in [0.717, 1.165) is 11.4 Å². The molecule has 1 N–H and O–H groups in total. The van der Waals surface area contributed by atoms with E-state index in [1.54, 1.807) is 0 Å². The second-order valence-electron chi connectivity index (χ2n) is 2.97. The molecular weight excluding hydrogens is 295 g/mol. The van der Waals surface area contributed by atoms with Crippen molar-refractivity contribution in [2.75, 3.05) is 5.32 Å². The first kappa shape index (κ1) is 12.4. The van der Waals surface area contributed by atoms with Gasteiger partial charge in [0.05, 0.1) is 27.1 Å². The molecule has 0 saturated heterocycles. The second-order valence-corrected chi connectivity index (χ2v) is 4.31. The van der Waals surface area contributed by atoms with E-state index in [0.29, 0.717) is 5.69 Å². The number of benzene rings is 1. The number of nitrogens with one attached hydrogen (secondary N) is 1. The van der Waals surface area contributed by atoms with Crippen LogP contribution >= 0.6 is 23.2 Å². The minimum absolute atomic E-state index is 0.00915. The molecule has 1 heterocycles. The molecule has 0 spiro atoms. The van der Waals surface area contributed by atoms with Crippen LogP contribution in [-0.4, -0.2) is 12.3 Å². The van der Waals surface area contributed by atoms with E-state index in [1.807, 2.05) is 5.32 Å². The fourth-order valence-electron chi connectivity index (χ4n) is 1.17. The van der Waals surface area contributed by atoms with Gasteiger partial charge in [0.25, 0.3) is 5.91 Å². The lowest BCUT2D eigenvalue weighted by Crippen LogP contribution is -2.20. The first-order chi connectivity index (χ1) is 8.00. The Bertz CT molecular complexity index is 572. The summed E-state index contributed by atoms with van der Waals surface area (Å²) in [6, 6.07) is 1.31. The maximum Gasteiger partial charge on any atom is 0.315 e. The Morgan fingerprint density at radius 2 is 1.94 bits per heavy atom. The van der Waals surface area contributed by atoms with Crippen molar-refractivity contribution in [2.24, 2.45) is 8.73 Å². The van der Waals surface area contributed by atoms with Crippen LogP contribution in [0.5, 0.6) is 0 Å². The van der Waals surface area contributed by atoms with Gasteiger partial charge < -0.3 is 5.32 Å². The van der Waals surface area contributed by atoms with Gasteiger partial charge in [-0.1, -0.05) is 23.2 Å². The average Bonchev–Trinajstić information content (AvgIpc) is 2.72. The Hall–Kier alpha value is -1.05. The van der Waals surface area contributed by atoms with Gasteiger partial charge >= 0.3 is 6.43 Å². The van der Waals surface area contributed by atoms with Gasteiger partial charge in [-0.25, -0.2) is 0 Å². The summed E-state index contributed by atoms with van der Waals surface area (Å²) in [6.45, 7) is 0. The van der Waals surface area contributed by atoms with Crippen LogP contribution in [-0.2, 0) is 16.1 Å². The Morgan fingerprint density at radius 3 is 2.59 bits per heavy atom. The minimum atomic E-state index is -3.14. The van der Waals surface area contributed by atoms with Crippen molar-refractivity contribution in [1.82, 2.24) is 0 Å². The van der Waals surface area contributed by atoms with E-state index in [4.69, 9.17) is 23.2 Å². The zero-order valence-electron chi connectivity index (χ0n) is 7.88. The van der Waals surface area contributed by atoms with E-state index in [9.17, 15) is 13.6 Å². The molecule has 90 valence electrons. The molecule has 1 aliphatic heterocycles. The molecule has 0 unspecified atom stereocenters. The van der Waals surface area contributed by atoms with Crippen molar-refractivity contribution in [1.29, 1.82) is 0 Å². The fourth-order valence-corrected chi connectivity index (χ4v) is 2.33. The number of anilines is 1. The monoisotopic (exact) mass is 297 g/mol. The van der Waals surface area contributed by atoms with Gasteiger partial charge in [-0.15, -0.1) is 0 Å². The van der Waals surface area contributed by atoms with Crippen LogP contribution in [0.4, 0.5) is 25.8 Å². The number of nitrogens with zero attached hydrogens (tertiary/aromatic N) is 2. The van der Waals surface area contributed by atoms with Crippen molar-refractivity contribution in [3.8, 4) is 0 Å². The first-order valence-corrected chi connectivity index (χ1v) is 5.68. The second kappa shape index (κ2) is 4.67. The predicted octanol–water partition coefficient (Wildman–Crippen LogP) is 3.92. The van der Waals surface area contributed by atoms with Gasteiger partial charge in [-0.2, -0.15) is 17.5 Å². The molecule has 4 nitrogen and oxygen atoms in total. The molecule has 0 saturated carbocycles. The van der Waals surface area contributed by atoms with Crippen molar-refractivity contribution in [3.05, 3.63) is 16.1 Å². The summed E-state index contributed by atoms with van der Waals surface area (Å²) in [5, 5.41) is 2.27. The number of amides is 1. The fraction of sp³-hybridized carbons (Fsp3) is 0.125. The molecule has 0 aliphatic carbocycles. The first-order valence-electron chi connectivity index (χ1n) is 4.20. The van der Waals surface area contributed by atoms with E-state index >= 15 is 0 Å². The number of rotatable bonds is 2. The molecule has 0 bridgehead atoms. The summed E-state index contributed by atoms with van der Waals surface area (Å²) in [5.41, 5.74) is 0.497. The molecule has 0 aromatic heterocycles. The molecule has 1 aromatic carbocycles. The van der Waals surface area contributed by atoms with E-state index < -0.39 is 12.3 Å². The Morgan fingerprint density at radius 1 is 1.29 bits per heavy atom. The molecule has 17 heavy (non-hydrogen) atoms. The molecule has 1 aromatic rings. The van der Waals surface area contributed by atoms with Gasteiger partial charge in [-0.05, 0) is 6.07 Å². The standard InChI is InChI=1S/C8H3Cl2F2N3OS/c9-2-1-3(10)5-6(15-17-14-5)4(2)13-8(16)7(11)12/h1,7H,(H,13,16). The molecule has 9 heteroatoms. The SMILES string of the molecule is O=C(Nc1c(Cl)cc(Cl)c2c1N=S=N2)C(F)F. The van der Waals surface area contributed by atoms with Crippen LogP contribution in [0.2, 0.25) is 10.0 Å². The number of alkyl halides is 2. The third kappa shape index (κ3) is 2.31. The predicted molar refractivity (Wildman–Crippen MR) is 62.6 cm³/mol. The van der Waals surface area contributed by atoms with E-state index in [-0.39, 0.29) is 21.4 Å². The summed E-state index contributed by atoms with van der Waals surface area (Å²) in [7, 11) is 0. The summed E-state index contributed by atoms with van der Waals surface area (Å²) in [6.07, 6.45) is -3.14. The Labute approximate surface area is 108 Å². The molecule has 0 atom stereocenters. The lowest BCUT2D eigenvalue weighted by atomic mass is 10.2. The highest BCUT2D eigenvalue weighted by Gasteiger charge is 2.23. The van der Waals surface area contributed by atoms with Crippen molar-refractivity contribution < 1.29 is 13.6 Å². The number of fused-ring (bicyclic) bond motifs is 1. The molecule has 0 radical (unpaired) electrons. The lowest BCUT2D eigenvalue weighted by molar-refractivity contribution is -0.126. The zero-order chi connectivity index (χ0) is 12.6. The van der Waals surface area contributed by atoms with Crippen LogP contribution in [0.15, 0.2) is 14.8 Å². The number of halogens is 4. The summed E-state index contributed by atoms with van der Waals surface area (Å²) in [4.78, 5) is 10.9. The lowest BCUT2D eigenvalue weighted by Gasteiger charge is -2.10. The number of carbonyl (C=O) groups is 1. The van der Waals surface area contributed by atoms with Crippen LogP contribution in [0.25, 0.3) is 0 Å². The molecule has 2 rings (SSSR count). The van der Waals surface area contributed by atoms with Gasteiger partial charge in [0.1, 0.15) is 11.4 Å². The van der Waals surface area contributed by atoms with Crippen LogP contribution in [0, 0.1) is 0 Å². The smallest absolute Gasteiger partial charge is 0.315 e. The maximum atomic E-state index is 12.1. The summed E-state index contributed by atoms with van der Waals surface area (Å²) >= 11 is 12.5. The number of hydrogen-bond acceptors (Lipinski definition) is 3. The highest BCUT2D eigenvalue weighted by atomic mass is 35.5. The van der Waals surface area contributed by atoms with E-state index in [1.165, 1.54) is 6.07 Å². The van der Waals surface area contributed by atoms with Crippen molar-refractivity contribution in [3.63, 3.8) is 0 Å². The van der Waals surface area contributed by atoms with Crippen LogP contribution in [0.1, 0.15) is 0 Å². The highest BCUT2D eigenvalue weighted by molar-refractivity contribution is 7.58. The van der Waals surface area contributed by atoms with Crippen LogP contribution in [0.3, 0.4) is 0 Å². The third-order valence-corrected chi connectivity index (χ3v) is 3.00. The van der Waals surface area contributed by atoms with Crippen molar-refractivity contribution in [2.45, 2.75) is 6.43 Å². The molecule has 0 fully saturated rings. The number of carbonyl (C=O) groups excluding carboxylic acids is 1. The topological polar surface area (TPSA) is 53.8 Å². The summed E-state index contributed by atoms with van der Waals surface area (Å²) < 4.78 is 32.0. The Balaban J connectivity index is 2.46. The van der Waals surface area contributed by atoms with E-state index in [2.05, 4.69) is 8.73 Å². The minimum Gasteiger partial charge on any atom is -0.318 e. The van der Waals surface area contributed by atoms with Crippen molar-refractivity contribution >= 4 is 57.5 Å². The van der Waals surface area contributed by atoms with Gasteiger partial charge in [0.2, 0.25) is 0 Å². The molecule has 1 aliphatic rings.